The highest BCUT2D eigenvalue weighted by molar-refractivity contribution is 9.10. The first-order valence-electron chi connectivity index (χ1n) is 4.81. The van der Waals surface area contributed by atoms with E-state index >= 15 is 0 Å². The molecular formula is C11H12BrNO2. The molecule has 15 heavy (non-hydrogen) atoms. The van der Waals surface area contributed by atoms with Crippen molar-refractivity contribution in [1.82, 2.24) is 5.32 Å². The number of hydrogen-bond donors (Lipinski definition) is 1. The van der Waals surface area contributed by atoms with Crippen molar-refractivity contribution >= 4 is 21.8 Å². The van der Waals surface area contributed by atoms with Gasteiger partial charge in [0.2, 0.25) is 5.91 Å². The topological polar surface area (TPSA) is 38.3 Å². The lowest BCUT2D eigenvalue weighted by molar-refractivity contribution is -0.147. The highest BCUT2D eigenvalue weighted by Crippen LogP contribution is 2.27. The number of ether oxygens (including phenoxy) is 1. The van der Waals surface area contributed by atoms with Crippen molar-refractivity contribution in [1.29, 1.82) is 0 Å². The molecule has 3 nitrogen and oxygen atoms in total. The highest BCUT2D eigenvalue weighted by Gasteiger charge is 2.32. The molecule has 0 spiro atoms. The molecule has 1 fully saturated rings. The van der Waals surface area contributed by atoms with Crippen LogP contribution in [0.2, 0.25) is 0 Å². The van der Waals surface area contributed by atoms with Crippen molar-refractivity contribution in [2.45, 2.75) is 19.1 Å². The molecule has 0 bridgehead atoms. The number of rotatable bonds is 1. The normalized spacial score (nSPS) is 26.1. The lowest BCUT2D eigenvalue weighted by Crippen LogP contribution is -2.50. The third kappa shape index (κ3) is 2.21. The van der Waals surface area contributed by atoms with Crippen LogP contribution < -0.4 is 5.32 Å². The summed E-state index contributed by atoms with van der Waals surface area (Å²) in [6, 6.07) is 7.76. The number of benzene rings is 1. The van der Waals surface area contributed by atoms with Crippen LogP contribution in [0.3, 0.4) is 0 Å². The van der Waals surface area contributed by atoms with Gasteiger partial charge in [0, 0.05) is 10.0 Å². The van der Waals surface area contributed by atoms with Gasteiger partial charge in [-0.2, -0.15) is 0 Å². The summed E-state index contributed by atoms with van der Waals surface area (Å²) >= 11 is 3.40. The summed E-state index contributed by atoms with van der Waals surface area (Å²) < 4.78 is 6.60. The smallest absolute Gasteiger partial charge is 0.224 e. The quantitative estimate of drug-likeness (QED) is 0.849. The minimum absolute atomic E-state index is 0.0312. The third-order valence-electron chi connectivity index (χ3n) is 2.47. The molecule has 1 aromatic rings. The summed E-state index contributed by atoms with van der Waals surface area (Å²) in [5.41, 5.74) is 0.254. The van der Waals surface area contributed by atoms with Gasteiger partial charge in [-0.15, -0.1) is 0 Å². The molecule has 2 rings (SSSR count). The summed E-state index contributed by atoms with van der Waals surface area (Å²) in [6.45, 7) is 2.33. The molecular weight excluding hydrogens is 258 g/mol. The molecule has 0 radical (unpaired) electrons. The van der Waals surface area contributed by atoms with E-state index in [9.17, 15) is 4.79 Å². The Labute approximate surface area is 96.9 Å². The average Bonchev–Trinajstić information content (AvgIpc) is 2.17. The monoisotopic (exact) mass is 269 g/mol. The van der Waals surface area contributed by atoms with Crippen LogP contribution in [0, 0.1) is 0 Å². The van der Waals surface area contributed by atoms with E-state index in [2.05, 4.69) is 21.2 Å². The number of nitrogens with one attached hydrogen (secondary N) is 1. The fourth-order valence-corrected chi connectivity index (χ4v) is 2.05. The maximum atomic E-state index is 11.3. The molecule has 1 saturated heterocycles. The second kappa shape index (κ2) is 3.94. The Hall–Kier alpha value is -0.870. The first-order chi connectivity index (χ1) is 7.10. The van der Waals surface area contributed by atoms with Crippen LogP contribution in [0.1, 0.15) is 18.9 Å². The van der Waals surface area contributed by atoms with Gasteiger partial charge in [-0.3, -0.25) is 4.79 Å². The van der Waals surface area contributed by atoms with E-state index in [-0.39, 0.29) is 5.91 Å². The Morgan fingerprint density at radius 3 is 3.00 bits per heavy atom. The van der Waals surface area contributed by atoms with Gasteiger partial charge in [0.15, 0.2) is 5.72 Å². The van der Waals surface area contributed by atoms with Gasteiger partial charge in [0.25, 0.3) is 0 Å². The molecule has 0 saturated carbocycles. The van der Waals surface area contributed by atoms with Gasteiger partial charge in [-0.25, -0.2) is 0 Å². The Kier molecular flexibility index (Phi) is 2.80. The zero-order valence-electron chi connectivity index (χ0n) is 8.42. The Bertz CT molecular complexity index is 394. The maximum absolute atomic E-state index is 11.3. The van der Waals surface area contributed by atoms with Crippen LogP contribution in [0.5, 0.6) is 0 Å². The van der Waals surface area contributed by atoms with Crippen LogP contribution in [-0.2, 0) is 15.3 Å². The number of amides is 1. The Morgan fingerprint density at radius 1 is 1.53 bits per heavy atom. The van der Waals surface area contributed by atoms with E-state index in [0.717, 1.165) is 10.0 Å². The van der Waals surface area contributed by atoms with Gasteiger partial charge in [0.1, 0.15) is 0 Å². The van der Waals surface area contributed by atoms with Gasteiger partial charge in [0.05, 0.1) is 13.0 Å². The van der Waals surface area contributed by atoms with E-state index in [1.807, 2.05) is 31.2 Å². The number of hydrogen-bond acceptors (Lipinski definition) is 2. The van der Waals surface area contributed by atoms with E-state index in [1.165, 1.54) is 0 Å². The van der Waals surface area contributed by atoms with Crippen LogP contribution >= 0.6 is 15.9 Å². The van der Waals surface area contributed by atoms with Gasteiger partial charge in [-0.1, -0.05) is 28.1 Å². The molecule has 1 amide bonds. The molecule has 80 valence electrons. The van der Waals surface area contributed by atoms with Crippen LogP contribution in [-0.4, -0.2) is 12.5 Å². The summed E-state index contributed by atoms with van der Waals surface area (Å²) in [7, 11) is 0. The zero-order valence-corrected chi connectivity index (χ0v) is 10.0. The van der Waals surface area contributed by atoms with E-state index < -0.39 is 5.72 Å². The van der Waals surface area contributed by atoms with Crippen molar-refractivity contribution in [3.63, 3.8) is 0 Å². The first-order valence-corrected chi connectivity index (χ1v) is 5.60. The van der Waals surface area contributed by atoms with Gasteiger partial charge in [-0.05, 0) is 19.1 Å². The van der Waals surface area contributed by atoms with Crippen molar-refractivity contribution in [2.75, 3.05) is 6.61 Å². The predicted molar refractivity (Wildman–Crippen MR) is 60.2 cm³/mol. The minimum atomic E-state index is -0.695. The Balaban J connectivity index is 2.32. The first kappa shape index (κ1) is 10.6. The summed E-state index contributed by atoms with van der Waals surface area (Å²) in [5.74, 6) is 0.0312. The largest absolute Gasteiger partial charge is 0.351 e. The third-order valence-corrected chi connectivity index (χ3v) is 2.97. The van der Waals surface area contributed by atoms with Crippen molar-refractivity contribution < 1.29 is 9.53 Å². The summed E-state index contributed by atoms with van der Waals surface area (Å²) in [6.07, 6.45) is 0.434. The van der Waals surface area contributed by atoms with Crippen molar-refractivity contribution in [2.24, 2.45) is 0 Å². The van der Waals surface area contributed by atoms with E-state index in [0.29, 0.717) is 13.0 Å². The SMILES string of the molecule is CC1(c2cccc(Br)c2)NC(=O)CCO1. The maximum Gasteiger partial charge on any atom is 0.224 e. The van der Waals surface area contributed by atoms with Crippen LogP contribution in [0.15, 0.2) is 28.7 Å². The molecule has 0 aliphatic carbocycles. The summed E-state index contributed by atoms with van der Waals surface area (Å²) in [5, 5.41) is 2.85. The minimum Gasteiger partial charge on any atom is -0.351 e. The second-order valence-electron chi connectivity index (χ2n) is 3.69. The number of halogens is 1. The lowest BCUT2D eigenvalue weighted by Gasteiger charge is -2.35. The molecule has 0 aromatic heterocycles. The molecule has 4 heteroatoms. The fraction of sp³-hybridized carbons (Fsp3) is 0.364. The summed E-state index contributed by atoms with van der Waals surface area (Å²) in [4.78, 5) is 11.3. The van der Waals surface area contributed by atoms with Crippen LogP contribution in [0.4, 0.5) is 0 Å². The van der Waals surface area contributed by atoms with Crippen molar-refractivity contribution in [3.8, 4) is 0 Å². The fourth-order valence-electron chi connectivity index (χ4n) is 1.65. The molecule has 1 aliphatic heterocycles. The van der Waals surface area contributed by atoms with Gasteiger partial charge < -0.3 is 10.1 Å². The number of carbonyl (C=O) groups is 1. The molecule has 1 atom stereocenters. The zero-order chi connectivity index (χ0) is 10.9. The number of carbonyl (C=O) groups excluding carboxylic acids is 1. The molecule has 1 heterocycles. The second-order valence-corrected chi connectivity index (χ2v) is 4.61. The molecule has 1 aliphatic rings. The average molecular weight is 270 g/mol. The molecule has 1 aromatic carbocycles. The lowest BCUT2D eigenvalue weighted by atomic mass is 10.0. The standard InChI is InChI=1S/C11H12BrNO2/c1-11(13-10(14)5-6-15-11)8-3-2-4-9(12)7-8/h2-4,7H,5-6H2,1H3,(H,13,14). The highest BCUT2D eigenvalue weighted by atomic mass is 79.9. The Morgan fingerprint density at radius 2 is 2.33 bits per heavy atom. The van der Waals surface area contributed by atoms with Crippen molar-refractivity contribution in [3.05, 3.63) is 34.3 Å². The predicted octanol–water partition coefficient (Wildman–Crippen LogP) is 2.16. The molecule has 1 N–H and O–H groups in total. The van der Waals surface area contributed by atoms with Crippen LogP contribution in [0.25, 0.3) is 0 Å². The van der Waals surface area contributed by atoms with Gasteiger partial charge >= 0.3 is 0 Å². The molecule has 1 unspecified atom stereocenters. The van der Waals surface area contributed by atoms with E-state index in [1.54, 1.807) is 0 Å². The van der Waals surface area contributed by atoms with E-state index in [4.69, 9.17) is 4.74 Å².